The van der Waals surface area contributed by atoms with Crippen molar-refractivity contribution in [2.75, 3.05) is 11.9 Å². The average molecular weight is 551 g/mol. The third-order valence-electron chi connectivity index (χ3n) is 4.42. The molecule has 1 aliphatic rings. The van der Waals surface area contributed by atoms with Crippen LogP contribution in [0.2, 0.25) is 0 Å². The molecule has 0 aromatic heterocycles. The van der Waals surface area contributed by atoms with E-state index < -0.39 is 17.8 Å². The number of benzene rings is 2. The molecule has 1 fully saturated rings. The van der Waals surface area contributed by atoms with Crippen molar-refractivity contribution in [3.63, 3.8) is 0 Å². The van der Waals surface area contributed by atoms with Gasteiger partial charge in [-0.3, -0.25) is 25.0 Å². The number of urea groups is 1. The van der Waals surface area contributed by atoms with Crippen LogP contribution >= 0.6 is 31.9 Å². The van der Waals surface area contributed by atoms with E-state index in [-0.39, 0.29) is 23.8 Å². The number of aryl methyl sites for hydroxylation is 2. The molecular weight excluding hydrogens is 534 g/mol. The quantitative estimate of drug-likeness (QED) is 0.389. The lowest BCUT2D eigenvalue weighted by atomic mass is 10.1. The fourth-order valence-electron chi connectivity index (χ4n) is 2.76. The van der Waals surface area contributed by atoms with Gasteiger partial charge in [-0.1, -0.05) is 22.0 Å². The third kappa shape index (κ3) is 5.59. The van der Waals surface area contributed by atoms with Crippen molar-refractivity contribution in [2.45, 2.75) is 13.8 Å². The van der Waals surface area contributed by atoms with Crippen LogP contribution in [0.1, 0.15) is 16.7 Å². The molecule has 1 saturated heterocycles. The van der Waals surface area contributed by atoms with Gasteiger partial charge in [-0.05, 0) is 71.2 Å². The van der Waals surface area contributed by atoms with E-state index in [1.165, 1.54) is 6.08 Å². The molecule has 2 aromatic rings. The summed E-state index contributed by atoms with van der Waals surface area (Å²) in [6.45, 7) is 3.62. The summed E-state index contributed by atoms with van der Waals surface area (Å²) in [6.07, 6.45) is 1.28. The summed E-state index contributed by atoms with van der Waals surface area (Å²) in [6, 6.07) is 8.00. The van der Waals surface area contributed by atoms with E-state index in [1.54, 1.807) is 18.2 Å². The van der Waals surface area contributed by atoms with Crippen LogP contribution in [0.25, 0.3) is 6.08 Å². The van der Waals surface area contributed by atoms with Crippen LogP contribution in [0.5, 0.6) is 5.75 Å². The minimum atomic E-state index is -0.887. The molecule has 0 bridgehead atoms. The van der Waals surface area contributed by atoms with Crippen LogP contribution in [-0.2, 0) is 14.4 Å². The third-order valence-corrected chi connectivity index (χ3v) is 5.47. The SMILES string of the molecule is Cc1ccc(NC(=O)COc2c(Br)cc(Br)cc2C=C2C(=O)NC(=O)NC2=O)cc1C. The fourth-order valence-corrected chi connectivity index (χ4v) is 4.13. The molecule has 0 radical (unpaired) electrons. The Hall–Kier alpha value is -2.98. The van der Waals surface area contributed by atoms with E-state index in [0.29, 0.717) is 20.2 Å². The molecule has 0 spiro atoms. The zero-order valence-corrected chi connectivity index (χ0v) is 19.6. The second kappa shape index (κ2) is 9.44. The van der Waals surface area contributed by atoms with Crippen molar-refractivity contribution in [3.05, 3.63) is 61.5 Å². The maximum absolute atomic E-state index is 12.4. The topological polar surface area (TPSA) is 114 Å². The molecule has 160 valence electrons. The second-order valence-corrected chi connectivity index (χ2v) is 8.51. The van der Waals surface area contributed by atoms with E-state index in [1.807, 2.05) is 36.6 Å². The van der Waals surface area contributed by atoms with Crippen LogP contribution < -0.4 is 20.7 Å². The van der Waals surface area contributed by atoms with Gasteiger partial charge in [-0.25, -0.2) is 4.79 Å². The van der Waals surface area contributed by atoms with Gasteiger partial charge in [0.25, 0.3) is 17.7 Å². The average Bonchev–Trinajstić information content (AvgIpc) is 2.66. The zero-order chi connectivity index (χ0) is 22.7. The van der Waals surface area contributed by atoms with Gasteiger partial charge in [-0.2, -0.15) is 0 Å². The highest BCUT2D eigenvalue weighted by molar-refractivity contribution is 9.11. The Kier molecular flexibility index (Phi) is 6.91. The molecule has 1 aliphatic heterocycles. The number of imide groups is 2. The Morgan fingerprint density at radius 3 is 2.35 bits per heavy atom. The maximum Gasteiger partial charge on any atom is 0.328 e. The molecule has 2 aromatic carbocycles. The van der Waals surface area contributed by atoms with Gasteiger partial charge in [0.2, 0.25) is 0 Å². The minimum Gasteiger partial charge on any atom is -0.482 e. The molecule has 3 rings (SSSR count). The highest BCUT2D eigenvalue weighted by Crippen LogP contribution is 2.34. The molecular formula is C21H17Br2N3O5. The van der Waals surface area contributed by atoms with Crippen molar-refractivity contribution in [3.8, 4) is 5.75 Å². The van der Waals surface area contributed by atoms with Gasteiger partial charge < -0.3 is 10.1 Å². The van der Waals surface area contributed by atoms with E-state index in [2.05, 4.69) is 37.2 Å². The summed E-state index contributed by atoms with van der Waals surface area (Å²) < 4.78 is 6.83. The largest absolute Gasteiger partial charge is 0.482 e. The predicted molar refractivity (Wildman–Crippen MR) is 122 cm³/mol. The molecule has 31 heavy (non-hydrogen) atoms. The zero-order valence-electron chi connectivity index (χ0n) is 16.5. The number of amides is 5. The first-order chi connectivity index (χ1) is 14.6. The van der Waals surface area contributed by atoms with E-state index in [9.17, 15) is 19.2 Å². The number of halogens is 2. The van der Waals surface area contributed by atoms with Gasteiger partial charge in [0.15, 0.2) is 6.61 Å². The number of hydrogen-bond acceptors (Lipinski definition) is 5. The van der Waals surface area contributed by atoms with Crippen LogP contribution in [0.4, 0.5) is 10.5 Å². The van der Waals surface area contributed by atoms with Gasteiger partial charge in [0, 0.05) is 15.7 Å². The first-order valence-electron chi connectivity index (χ1n) is 9.01. The smallest absolute Gasteiger partial charge is 0.328 e. The Morgan fingerprint density at radius 1 is 1.03 bits per heavy atom. The summed E-state index contributed by atoms with van der Waals surface area (Å²) in [7, 11) is 0. The number of hydrogen-bond donors (Lipinski definition) is 3. The van der Waals surface area contributed by atoms with Crippen LogP contribution in [0, 0.1) is 13.8 Å². The van der Waals surface area contributed by atoms with Crippen LogP contribution in [0.15, 0.2) is 44.9 Å². The molecule has 8 nitrogen and oxygen atoms in total. The standard InChI is InChI=1S/C21H17Br2N3O5/c1-10-3-4-14(5-11(10)2)24-17(27)9-31-18-12(6-13(22)8-16(18)23)7-15-19(28)25-21(30)26-20(15)29/h3-8H,9H2,1-2H3,(H,24,27)(H2,25,26,28,29,30). The van der Waals surface area contributed by atoms with Gasteiger partial charge in [0.1, 0.15) is 11.3 Å². The first kappa shape index (κ1) is 22.7. The number of barbiturate groups is 1. The number of carbonyl (C=O) groups is 4. The van der Waals surface area contributed by atoms with Crippen molar-refractivity contribution >= 4 is 67.4 Å². The monoisotopic (exact) mass is 549 g/mol. The maximum atomic E-state index is 12.4. The highest BCUT2D eigenvalue weighted by Gasteiger charge is 2.28. The van der Waals surface area contributed by atoms with Crippen molar-refractivity contribution in [1.29, 1.82) is 0 Å². The molecule has 0 saturated carbocycles. The van der Waals surface area contributed by atoms with Gasteiger partial charge in [-0.15, -0.1) is 0 Å². The Morgan fingerprint density at radius 2 is 1.71 bits per heavy atom. The molecule has 0 unspecified atom stereocenters. The molecule has 0 aliphatic carbocycles. The number of nitrogens with one attached hydrogen (secondary N) is 3. The van der Waals surface area contributed by atoms with Crippen molar-refractivity contribution in [2.24, 2.45) is 0 Å². The molecule has 0 atom stereocenters. The molecule has 10 heteroatoms. The van der Waals surface area contributed by atoms with Crippen LogP contribution in [-0.4, -0.2) is 30.4 Å². The summed E-state index contributed by atoms with van der Waals surface area (Å²) >= 11 is 6.71. The van der Waals surface area contributed by atoms with E-state index >= 15 is 0 Å². The molecule has 1 heterocycles. The predicted octanol–water partition coefficient (Wildman–Crippen LogP) is 3.60. The van der Waals surface area contributed by atoms with Crippen LogP contribution in [0.3, 0.4) is 0 Å². The Labute approximate surface area is 194 Å². The number of ether oxygens (including phenoxy) is 1. The summed E-state index contributed by atoms with van der Waals surface area (Å²) in [5.41, 5.74) is 2.90. The van der Waals surface area contributed by atoms with Crippen molar-refractivity contribution < 1.29 is 23.9 Å². The highest BCUT2D eigenvalue weighted by atomic mass is 79.9. The van der Waals surface area contributed by atoms with Crippen molar-refractivity contribution in [1.82, 2.24) is 10.6 Å². The number of carbonyl (C=O) groups excluding carboxylic acids is 4. The van der Waals surface area contributed by atoms with Gasteiger partial charge >= 0.3 is 6.03 Å². The minimum absolute atomic E-state index is 0.253. The van der Waals surface area contributed by atoms with E-state index in [0.717, 1.165) is 11.1 Å². The summed E-state index contributed by atoms with van der Waals surface area (Å²) in [4.78, 5) is 47.7. The normalized spacial score (nSPS) is 13.4. The lowest BCUT2D eigenvalue weighted by Gasteiger charge is -2.16. The summed E-state index contributed by atoms with van der Waals surface area (Å²) in [5.74, 6) is -1.79. The molecule has 3 N–H and O–H groups in total. The summed E-state index contributed by atoms with van der Waals surface area (Å²) in [5, 5.41) is 6.78. The molecule has 5 amide bonds. The number of rotatable bonds is 5. The van der Waals surface area contributed by atoms with Gasteiger partial charge in [0.05, 0.1) is 4.47 Å². The fraction of sp³-hybridized carbons (Fsp3) is 0.143. The Bertz CT molecular complexity index is 1120. The lowest BCUT2D eigenvalue weighted by molar-refractivity contribution is -0.124. The first-order valence-corrected chi connectivity index (χ1v) is 10.6. The van der Waals surface area contributed by atoms with E-state index in [4.69, 9.17) is 4.74 Å². The number of anilines is 1. The lowest BCUT2D eigenvalue weighted by Crippen LogP contribution is -2.51. The Balaban J connectivity index is 1.81. The second-order valence-electron chi connectivity index (χ2n) is 6.74.